The number of carbonyl (C=O) groups excluding carboxylic acids is 1. The van der Waals surface area contributed by atoms with E-state index in [2.05, 4.69) is 0 Å². The molecule has 0 radical (unpaired) electrons. The number of aliphatic hydroxyl groups excluding tert-OH is 1. The molecule has 1 saturated heterocycles. The molecule has 64 valence electrons. The second-order valence-corrected chi connectivity index (χ2v) is 3.72. The number of hydrogen-bond acceptors (Lipinski definition) is 3. The third-order valence-electron chi connectivity index (χ3n) is 1.99. The SMILES string of the molecule is CC(O)C1OCC(C)(C)C1=O. The van der Waals surface area contributed by atoms with Crippen LogP contribution in [-0.2, 0) is 9.53 Å². The molecule has 1 fully saturated rings. The second-order valence-electron chi connectivity index (χ2n) is 3.72. The molecular formula is C8H14O3. The van der Waals surface area contributed by atoms with Gasteiger partial charge in [-0.05, 0) is 6.92 Å². The Hall–Kier alpha value is -0.410. The van der Waals surface area contributed by atoms with E-state index in [1.54, 1.807) is 6.92 Å². The maximum Gasteiger partial charge on any atom is 0.172 e. The highest BCUT2D eigenvalue weighted by Crippen LogP contribution is 2.28. The molecule has 1 aliphatic rings. The quantitative estimate of drug-likeness (QED) is 0.599. The fourth-order valence-corrected chi connectivity index (χ4v) is 1.19. The highest BCUT2D eigenvalue weighted by atomic mass is 16.5. The molecule has 3 heteroatoms. The Morgan fingerprint density at radius 1 is 1.73 bits per heavy atom. The van der Waals surface area contributed by atoms with Gasteiger partial charge in [-0.15, -0.1) is 0 Å². The summed E-state index contributed by atoms with van der Waals surface area (Å²) >= 11 is 0. The molecule has 0 spiro atoms. The van der Waals surface area contributed by atoms with Crippen molar-refractivity contribution < 1.29 is 14.6 Å². The summed E-state index contributed by atoms with van der Waals surface area (Å²) < 4.78 is 5.14. The van der Waals surface area contributed by atoms with Crippen LogP contribution >= 0.6 is 0 Å². The van der Waals surface area contributed by atoms with Gasteiger partial charge < -0.3 is 9.84 Å². The Bertz CT molecular complexity index is 172. The molecule has 0 aromatic carbocycles. The summed E-state index contributed by atoms with van der Waals surface area (Å²) in [6.07, 6.45) is -1.30. The molecular weight excluding hydrogens is 144 g/mol. The standard InChI is InChI=1S/C8H14O3/c1-5(9)6-7(10)8(2,3)4-11-6/h5-6,9H,4H2,1-3H3. The summed E-state index contributed by atoms with van der Waals surface area (Å²) in [7, 11) is 0. The molecule has 2 atom stereocenters. The summed E-state index contributed by atoms with van der Waals surface area (Å²) in [6.45, 7) is 5.65. The van der Waals surface area contributed by atoms with Crippen molar-refractivity contribution in [3.05, 3.63) is 0 Å². The molecule has 0 amide bonds. The minimum atomic E-state index is -0.690. The molecule has 1 N–H and O–H groups in total. The van der Waals surface area contributed by atoms with Gasteiger partial charge >= 0.3 is 0 Å². The average Bonchev–Trinajstić information content (AvgIpc) is 2.09. The van der Waals surface area contributed by atoms with Gasteiger partial charge in [0.15, 0.2) is 5.78 Å². The topological polar surface area (TPSA) is 46.5 Å². The molecule has 11 heavy (non-hydrogen) atoms. The van der Waals surface area contributed by atoms with Crippen LogP contribution in [0.2, 0.25) is 0 Å². The van der Waals surface area contributed by atoms with Gasteiger partial charge in [-0.25, -0.2) is 0 Å². The van der Waals surface area contributed by atoms with Crippen LogP contribution in [0.15, 0.2) is 0 Å². The van der Waals surface area contributed by atoms with Crippen molar-refractivity contribution in [2.45, 2.75) is 33.0 Å². The highest BCUT2D eigenvalue weighted by molar-refractivity contribution is 5.90. The van der Waals surface area contributed by atoms with Crippen LogP contribution in [0.5, 0.6) is 0 Å². The van der Waals surface area contributed by atoms with Gasteiger partial charge in [0, 0.05) is 5.41 Å². The van der Waals surface area contributed by atoms with E-state index in [1.165, 1.54) is 0 Å². The van der Waals surface area contributed by atoms with E-state index in [4.69, 9.17) is 9.84 Å². The lowest BCUT2D eigenvalue weighted by atomic mass is 9.88. The minimum Gasteiger partial charge on any atom is -0.390 e. The lowest BCUT2D eigenvalue weighted by Crippen LogP contribution is -2.33. The van der Waals surface area contributed by atoms with Gasteiger partial charge in [0.1, 0.15) is 6.10 Å². The summed E-state index contributed by atoms with van der Waals surface area (Å²) in [5, 5.41) is 9.11. The molecule has 1 heterocycles. The molecule has 0 aliphatic carbocycles. The maximum absolute atomic E-state index is 11.4. The van der Waals surface area contributed by atoms with Crippen molar-refractivity contribution in [2.24, 2.45) is 5.41 Å². The number of rotatable bonds is 1. The predicted molar refractivity (Wildman–Crippen MR) is 40.2 cm³/mol. The zero-order valence-electron chi connectivity index (χ0n) is 7.13. The van der Waals surface area contributed by atoms with E-state index in [-0.39, 0.29) is 5.78 Å². The normalized spacial score (nSPS) is 32.4. The molecule has 0 aromatic rings. The first kappa shape index (κ1) is 8.68. The third-order valence-corrected chi connectivity index (χ3v) is 1.99. The minimum absolute atomic E-state index is 0.00694. The van der Waals surface area contributed by atoms with Crippen LogP contribution in [0.4, 0.5) is 0 Å². The van der Waals surface area contributed by atoms with E-state index in [0.717, 1.165) is 0 Å². The van der Waals surface area contributed by atoms with Crippen LogP contribution < -0.4 is 0 Å². The number of Topliss-reactive ketones (excluding diaryl/α,β-unsaturated/α-hetero) is 1. The summed E-state index contributed by atoms with van der Waals surface area (Å²) in [5.41, 5.74) is -0.415. The second kappa shape index (κ2) is 2.57. The Balaban J connectivity index is 2.71. The molecule has 0 aromatic heterocycles. The van der Waals surface area contributed by atoms with E-state index < -0.39 is 17.6 Å². The molecule has 2 unspecified atom stereocenters. The van der Waals surface area contributed by atoms with Crippen molar-refractivity contribution in [1.82, 2.24) is 0 Å². The first-order valence-electron chi connectivity index (χ1n) is 3.79. The lowest BCUT2D eigenvalue weighted by molar-refractivity contribution is -0.130. The van der Waals surface area contributed by atoms with E-state index >= 15 is 0 Å². The maximum atomic E-state index is 11.4. The number of ketones is 1. The average molecular weight is 158 g/mol. The van der Waals surface area contributed by atoms with Crippen LogP contribution in [0.25, 0.3) is 0 Å². The number of aliphatic hydroxyl groups is 1. The van der Waals surface area contributed by atoms with Crippen LogP contribution in [0, 0.1) is 5.41 Å². The fourth-order valence-electron chi connectivity index (χ4n) is 1.19. The van der Waals surface area contributed by atoms with Crippen molar-refractivity contribution >= 4 is 5.78 Å². The first-order chi connectivity index (χ1) is 4.95. The number of hydrogen-bond donors (Lipinski definition) is 1. The molecule has 3 nitrogen and oxygen atoms in total. The zero-order chi connectivity index (χ0) is 8.65. The Morgan fingerprint density at radius 2 is 2.27 bits per heavy atom. The fraction of sp³-hybridized carbons (Fsp3) is 0.875. The van der Waals surface area contributed by atoms with Gasteiger partial charge in [-0.1, -0.05) is 13.8 Å². The number of ether oxygens (including phenoxy) is 1. The van der Waals surface area contributed by atoms with Gasteiger partial charge in [0.05, 0.1) is 12.7 Å². The zero-order valence-corrected chi connectivity index (χ0v) is 7.13. The largest absolute Gasteiger partial charge is 0.390 e. The smallest absolute Gasteiger partial charge is 0.172 e. The van der Waals surface area contributed by atoms with Gasteiger partial charge in [-0.3, -0.25) is 4.79 Å². The summed E-state index contributed by atoms with van der Waals surface area (Å²) in [5.74, 6) is 0.00694. The van der Waals surface area contributed by atoms with E-state index in [1.807, 2.05) is 13.8 Å². The van der Waals surface area contributed by atoms with Crippen LogP contribution in [-0.4, -0.2) is 29.7 Å². The van der Waals surface area contributed by atoms with Crippen molar-refractivity contribution in [3.8, 4) is 0 Å². The van der Waals surface area contributed by atoms with Crippen molar-refractivity contribution in [2.75, 3.05) is 6.61 Å². The molecule has 0 saturated carbocycles. The molecule has 1 aliphatic heterocycles. The summed E-state index contributed by atoms with van der Waals surface area (Å²) in [4.78, 5) is 11.4. The lowest BCUT2D eigenvalue weighted by Gasteiger charge is -2.13. The Morgan fingerprint density at radius 3 is 2.45 bits per heavy atom. The van der Waals surface area contributed by atoms with E-state index in [9.17, 15) is 4.79 Å². The van der Waals surface area contributed by atoms with Crippen molar-refractivity contribution in [1.29, 1.82) is 0 Å². The summed E-state index contributed by atoms with van der Waals surface area (Å²) in [6, 6.07) is 0. The third kappa shape index (κ3) is 1.44. The highest BCUT2D eigenvalue weighted by Gasteiger charge is 2.43. The van der Waals surface area contributed by atoms with Gasteiger partial charge in [0.2, 0.25) is 0 Å². The Labute approximate surface area is 66.4 Å². The molecule has 1 rings (SSSR count). The number of carbonyl (C=O) groups is 1. The molecule has 0 bridgehead atoms. The van der Waals surface area contributed by atoms with Crippen molar-refractivity contribution in [3.63, 3.8) is 0 Å². The van der Waals surface area contributed by atoms with Crippen LogP contribution in [0.3, 0.4) is 0 Å². The van der Waals surface area contributed by atoms with Crippen LogP contribution in [0.1, 0.15) is 20.8 Å². The first-order valence-corrected chi connectivity index (χ1v) is 3.79. The van der Waals surface area contributed by atoms with Gasteiger partial charge in [0.25, 0.3) is 0 Å². The predicted octanol–water partition coefficient (Wildman–Crippen LogP) is 0.361. The van der Waals surface area contributed by atoms with Gasteiger partial charge in [-0.2, -0.15) is 0 Å². The Kier molecular flexibility index (Phi) is 2.03. The monoisotopic (exact) mass is 158 g/mol. The van der Waals surface area contributed by atoms with E-state index in [0.29, 0.717) is 6.61 Å².